The van der Waals surface area contributed by atoms with Crippen LogP contribution in [0.25, 0.3) is 11.1 Å². The number of nitrogens with zero attached hydrogens (tertiary/aromatic N) is 2. The van der Waals surface area contributed by atoms with Gasteiger partial charge in [0.15, 0.2) is 0 Å². The molecule has 3 rings (SSSR count). The molecule has 0 saturated heterocycles. The van der Waals surface area contributed by atoms with Gasteiger partial charge >= 0.3 is 0 Å². The Morgan fingerprint density at radius 3 is 2.80 bits per heavy atom. The maximum absolute atomic E-state index is 9.04. The van der Waals surface area contributed by atoms with Crippen molar-refractivity contribution in [3.05, 3.63) is 42.2 Å². The lowest BCUT2D eigenvalue weighted by atomic mass is 9.96. The van der Waals surface area contributed by atoms with E-state index < -0.39 is 0 Å². The van der Waals surface area contributed by atoms with Crippen molar-refractivity contribution in [3.63, 3.8) is 0 Å². The van der Waals surface area contributed by atoms with Gasteiger partial charge in [0.2, 0.25) is 0 Å². The zero-order valence-corrected chi connectivity index (χ0v) is 11.8. The van der Waals surface area contributed by atoms with E-state index in [1.54, 1.807) is 0 Å². The zero-order chi connectivity index (χ0) is 13.8. The van der Waals surface area contributed by atoms with Gasteiger partial charge in [-0.25, -0.2) is 0 Å². The van der Waals surface area contributed by atoms with E-state index in [1.807, 2.05) is 6.20 Å². The molecule has 2 aromatic rings. The maximum Gasteiger partial charge on any atom is 0.0568 e. The molecule has 106 valence electrons. The highest BCUT2D eigenvalue weighted by Crippen LogP contribution is 2.29. The molecule has 3 nitrogen and oxygen atoms in total. The van der Waals surface area contributed by atoms with E-state index in [9.17, 15) is 0 Å². The van der Waals surface area contributed by atoms with Crippen molar-refractivity contribution in [1.29, 1.82) is 0 Å². The molecule has 1 saturated carbocycles. The molecule has 0 aliphatic heterocycles. The summed E-state index contributed by atoms with van der Waals surface area (Å²) < 4.78 is 2.15. The minimum atomic E-state index is 0.199. The molecular weight excluding hydrogens is 248 g/mol. The van der Waals surface area contributed by atoms with E-state index in [1.165, 1.54) is 48.8 Å². The third-order valence-corrected chi connectivity index (χ3v) is 4.21. The summed E-state index contributed by atoms with van der Waals surface area (Å²) in [7, 11) is 0. The Kier molecular flexibility index (Phi) is 4.16. The molecule has 0 spiro atoms. The lowest BCUT2D eigenvalue weighted by Crippen LogP contribution is -2.12. The second-order valence-corrected chi connectivity index (χ2v) is 5.67. The predicted octanol–water partition coefficient (Wildman–Crippen LogP) is 3.59. The summed E-state index contributed by atoms with van der Waals surface area (Å²) in [5.41, 5.74) is 3.55. The molecule has 1 heterocycles. The number of rotatable bonds is 4. The predicted molar refractivity (Wildman–Crippen MR) is 80.6 cm³/mol. The summed E-state index contributed by atoms with van der Waals surface area (Å²) in [6.07, 6.45) is 11.4. The van der Waals surface area contributed by atoms with Crippen LogP contribution in [0.1, 0.15) is 43.7 Å². The van der Waals surface area contributed by atoms with E-state index >= 15 is 0 Å². The summed E-state index contributed by atoms with van der Waals surface area (Å²) in [6, 6.07) is 8.96. The fourth-order valence-corrected chi connectivity index (χ4v) is 3.07. The van der Waals surface area contributed by atoms with Gasteiger partial charge in [0.05, 0.1) is 12.2 Å². The highest BCUT2D eigenvalue weighted by Gasteiger charge is 2.16. The third-order valence-electron chi connectivity index (χ3n) is 4.21. The third kappa shape index (κ3) is 2.93. The highest BCUT2D eigenvalue weighted by atomic mass is 16.2. The van der Waals surface area contributed by atoms with Crippen LogP contribution in [0.15, 0.2) is 36.7 Å². The molecule has 1 aromatic carbocycles. The van der Waals surface area contributed by atoms with Crippen LogP contribution in [0.4, 0.5) is 0 Å². The molecule has 20 heavy (non-hydrogen) atoms. The number of hydrogen-bond acceptors (Lipinski definition) is 2. The van der Waals surface area contributed by atoms with Crippen molar-refractivity contribution in [1.82, 2.24) is 9.78 Å². The van der Waals surface area contributed by atoms with Crippen molar-refractivity contribution >= 4 is 0 Å². The molecule has 0 amide bonds. The average molecular weight is 270 g/mol. The van der Waals surface area contributed by atoms with Gasteiger partial charge in [0, 0.05) is 18.4 Å². The first-order valence-electron chi connectivity index (χ1n) is 7.61. The maximum atomic E-state index is 9.04. The van der Waals surface area contributed by atoms with E-state index in [0.29, 0.717) is 12.5 Å². The van der Waals surface area contributed by atoms with Gasteiger partial charge in [0.25, 0.3) is 0 Å². The zero-order valence-electron chi connectivity index (χ0n) is 11.8. The van der Waals surface area contributed by atoms with E-state index in [-0.39, 0.29) is 6.61 Å². The van der Waals surface area contributed by atoms with Crippen LogP contribution in [-0.4, -0.2) is 21.5 Å². The number of benzene rings is 1. The normalized spacial score (nSPS) is 16.4. The van der Waals surface area contributed by atoms with Crippen LogP contribution in [0.3, 0.4) is 0 Å². The molecule has 1 aliphatic rings. The van der Waals surface area contributed by atoms with Gasteiger partial charge in [0.1, 0.15) is 0 Å². The molecule has 1 N–H and O–H groups in total. The van der Waals surface area contributed by atoms with Crippen molar-refractivity contribution in [2.75, 3.05) is 6.61 Å². The minimum absolute atomic E-state index is 0.199. The molecule has 1 fully saturated rings. The first-order valence-corrected chi connectivity index (χ1v) is 7.61. The van der Waals surface area contributed by atoms with Crippen molar-refractivity contribution in [2.24, 2.45) is 0 Å². The Hall–Kier alpha value is -1.61. The highest BCUT2D eigenvalue weighted by molar-refractivity contribution is 5.62. The van der Waals surface area contributed by atoms with Gasteiger partial charge in [-0.05, 0) is 30.4 Å². The Bertz CT molecular complexity index is 556. The van der Waals surface area contributed by atoms with Gasteiger partial charge in [-0.3, -0.25) is 4.68 Å². The minimum Gasteiger partial charge on any atom is -0.396 e. The van der Waals surface area contributed by atoms with Crippen molar-refractivity contribution in [3.8, 4) is 11.1 Å². The van der Waals surface area contributed by atoms with Crippen molar-refractivity contribution in [2.45, 2.75) is 44.6 Å². The molecular formula is C17H22N2O. The molecule has 3 heteroatoms. The van der Waals surface area contributed by atoms with E-state index in [0.717, 1.165) is 0 Å². The SMILES string of the molecule is OCCc1cccc(-c2cnn(C3CCCCC3)c2)c1. The standard InChI is InChI=1S/C17H22N2O/c20-10-9-14-5-4-6-15(11-14)16-12-18-19(13-16)17-7-2-1-3-8-17/h4-6,11-13,17,20H,1-3,7-10H2. The van der Waals surface area contributed by atoms with Gasteiger partial charge in [-0.2, -0.15) is 5.10 Å². The first-order chi connectivity index (χ1) is 9.86. The first kappa shape index (κ1) is 13.4. The molecule has 1 aliphatic carbocycles. The Labute approximate surface area is 120 Å². The van der Waals surface area contributed by atoms with Crippen LogP contribution < -0.4 is 0 Å². The number of aliphatic hydroxyl groups excluding tert-OH is 1. The molecule has 0 atom stereocenters. The fourth-order valence-electron chi connectivity index (χ4n) is 3.07. The molecule has 1 aromatic heterocycles. The second kappa shape index (κ2) is 6.23. The largest absolute Gasteiger partial charge is 0.396 e. The van der Waals surface area contributed by atoms with Gasteiger partial charge in [-0.1, -0.05) is 43.5 Å². The fraction of sp³-hybridized carbons (Fsp3) is 0.471. The van der Waals surface area contributed by atoms with Crippen LogP contribution in [0.2, 0.25) is 0 Å². The van der Waals surface area contributed by atoms with Crippen molar-refractivity contribution < 1.29 is 5.11 Å². The van der Waals surface area contributed by atoms with Crippen LogP contribution in [0, 0.1) is 0 Å². The summed E-state index contributed by atoms with van der Waals surface area (Å²) in [4.78, 5) is 0. The quantitative estimate of drug-likeness (QED) is 0.922. The summed E-state index contributed by atoms with van der Waals surface area (Å²) in [5.74, 6) is 0. The molecule has 0 bridgehead atoms. The van der Waals surface area contributed by atoms with Gasteiger partial charge < -0.3 is 5.11 Å². The van der Waals surface area contributed by atoms with Crippen LogP contribution >= 0.6 is 0 Å². The van der Waals surface area contributed by atoms with Gasteiger partial charge in [-0.15, -0.1) is 0 Å². The summed E-state index contributed by atoms with van der Waals surface area (Å²) in [5, 5.41) is 13.6. The van der Waals surface area contributed by atoms with Crippen LogP contribution in [-0.2, 0) is 6.42 Å². The molecule has 0 unspecified atom stereocenters. The average Bonchev–Trinajstić information content (AvgIpc) is 2.99. The molecule has 0 radical (unpaired) electrons. The Morgan fingerprint density at radius 2 is 2.00 bits per heavy atom. The van der Waals surface area contributed by atoms with E-state index in [4.69, 9.17) is 5.11 Å². The Morgan fingerprint density at radius 1 is 1.15 bits per heavy atom. The number of aliphatic hydroxyl groups is 1. The topological polar surface area (TPSA) is 38.1 Å². The number of hydrogen-bond donors (Lipinski definition) is 1. The summed E-state index contributed by atoms with van der Waals surface area (Å²) >= 11 is 0. The monoisotopic (exact) mass is 270 g/mol. The lowest BCUT2D eigenvalue weighted by Gasteiger charge is -2.21. The van der Waals surface area contributed by atoms with Crippen LogP contribution in [0.5, 0.6) is 0 Å². The summed E-state index contributed by atoms with van der Waals surface area (Å²) in [6.45, 7) is 0.199. The van der Waals surface area contributed by atoms with E-state index in [2.05, 4.69) is 40.2 Å². The Balaban J connectivity index is 1.80. The number of aromatic nitrogens is 2. The smallest absolute Gasteiger partial charge is 0.0568 e. The lowest BCUT2D eigenvalue weighted by molar-refractivity contribution is 0.299. The second-order valence-electron chi connectivity index (χ2n) is 5.67.